The van der Waals surface area contributed by atoms with Crippen LogP contribution in [0.3, 0.4) is 0 Å². The van der Waals surface area contributed by atoms with Crippen molar-refractivity contribution in [1.82, 2.24) is 9.38 Å². The minimum Gasteiger partial charge on any atom is -0.310 e. The van der Waals surface area contributed by atoms with Gasteiger partial charge in [0.15, 0.2) is 4.96 Å². The first kappa shape index (κ1) is 30.5. The maximum atomic E-state index is 12.7. The van der Waals surface area contributed by atoms with Crippen molar-refractivity contribution in [3.05, 3.63) is 185 Å². The van der Waals surface area contributed by atoms with E-state index < -0.39 is 0 Å². The summed E-state index contributed by atoms with van der Waals surface area (Å²) >= 11 is 1.55. The summed E-state index contributed by atoms with van der Waals surface area (Å²) < 4.78 is 3.19. The van der Waals surface area contributed by atoms with Crippen LogP contribution in [-0.2, 0) is 5.41 Å². The average Bonchev–Trinajstić information content (AvgIpc) is 3.67. The lowest BCUT2D eigenvalue weighted by Gasteiger charge is -2.28. The van der Waals surface area contributed by atoms with Gasteiger partial charge in [-0.2, -0.15) is 4.98 Å². The second-order valence-electron chi connectivity index (χ2n) is 14.0. The number of para-hydroxylation sites is 1. The molecule has 0 atom stereocenters. The zero-order chi connectivity index (χ0) is 35.0. The summed E-state index contributed by atoms with van der Waals surface area (Å²) in [7, 11) is 0. The molecule has 2 aromatic heterocycles. The van der Waals surface area contributed by atoms with Crippen molar-refractivity contribution in [2.75, 3.05) is 4.90 Å². The Morgan fingerprint density at radius 2 is 1.13 bits per heavy atom. The molecule has 0 radical (unpaired) electrons. The third-order valence-electron chi connectivity index (χ3n) is 10.7. The van der Waals surface area contributed by atoms with Crippen LogP contribution in [0.1, 0.15) is 25.0 Å². The Balaban J connectivity index is 1.06. The molecule has 10 rings (SSSR count). The standard InChI is InChI=1S/C47H33N3OS/c1-47(2)40-14-8-6-12-37(40)38-26-25-36(29-41(38)47)49(34-21-16-31(17-22-34)30-10-4-3-5-11-30)35-23-18-32(19-24-35)33-20-27-43-44(28-33)52-46-48-45(51)39-13-7-9-15-42(39)50(43)46/h3-29H,1-2H3. The van der Waals surface area contributed by atoms with Crippen LogP contribution in [0.15, 0.2) is 169 Å². The van der Waals surface area contributed by atoms with Gasteiger partial charge in [0.25, 0.3) is 5.56 Å². The Bertz CT molecular complexity index is 2890. The molecule has 0 N–H and O–H groups in total. The van der Waals surface area contributed by atoms with Gasteiger partial charge in [-0.1, -0.05) is 128 Å². The first-order valence-electron chi connectivity index (χ1n) is 17.6. The normalized spacial score (nSPS) is 13.0. The lowest BCUT2D eigenvalue weighted by Crippen LogP contribution is -2.16. The molecule has 1 aliphatic rings. The van der Waals surface area contributed by atoms with Crippen molar-refractivity contribution >= 4 is 54.5 Å². The molecule has 0 aliphatic heterocycles. The minimum absolute atomic E-state index is 0.102. The summed E-state index contributed by atoms with van der Waals surface area (Å²) in [5.74, 6) is 0. The van der Waals surface area contributed by atoms with Gasteiger partial charge in [-0.3, -0.25) is 9.20 Å². The van der Waals surface area contributed by atoms with E-state index in [1.165, 1.54) is 33.4 Å². The van der Waals surface area contributed by atoms with Crippen LogP contribution >= 0.6 is 11.3 Å². The predicted molar refractivity (Wildman–Crippen MR) is 217 cm³/mol. The van der Waals surface area contributed by atoms with Gasteiger partial charge in [-0.15, -0.1) is 0 Å². The van der Waals surface area contributed by atoms with Crippen LogP contribution in [0.4, 0.5) is 17.1 Å². The maximum Gasteiger partial charge on any atom is 0.281 e. The SMILES string of the molecule is CC1(C)c2ccccc2-c2ccc(N(c3ccc(-c4ccccc4)cc3)c3ccc(-c4ccc5c(c4)sc4nc(=O)c6ccccc6n45)cc3)cc21. The van der Waals surface area contributed by atoms with Crippen molar-refractivity contribution in [1.29, 1.82) is 0 Å². The zero-order valence-electron chi connectivity index (χ0n) is 28.7. The number of hydrogen-bond donors (Lipinski definition) is 0. The third-order valence-corrected chi connectivity index (χ3v) is 11.7. The second kappa shape index (κ2) is 11.6. The second-order valence-corrected chi connectivity index (χ2v) is 15.0. The fraction of sp³-hybridized carbons (Fsp3) is 0.0638. The molecule has 52 heavy (non-hydrogen) atoms. The summed E-state index contributed by atoms with van der Waals surface area (Å²) in [6.07, 6.45) is 0. The Kier molecular flexibility index (Phi) is 6.82. The maximum absolute atomic E-state index is 12.7. The van der Waals surface area contributed by atoms with Crippen LogP contribution < -0.4 is 10.5 Å². The van der Waals surface area contributed by atoms with Crippen molar-refractivity contribution in [3.63, 3.8) is 0 Å². The van der Waals surface area contributed by atoms with E-state index in [4.69, 9.17) is 0 Å². The van der Waals surface area contributed by atoms with Crippen molar-refractivity contribution in [2.24, 2.45) is 0 Å². The average molecular weight is 688 g/mol. The molecular formula is C47H33N3OS. The van der Waals surface area contributed by atoms with E-state index in [1.54, 1.807) is 11.3 Å². The van der Waals surface area contributed by atoms with Gasteiger partial charge in [0, 0.05) is 22.5 Å². The molecular weight excluding hydrogens is 655 g/mol. The lowest BCUT2D eigenvalue weighted by molar-refractivity contribution is 0.660. The molecule has 0 saturated carbocycles. The first-order valence-corrected chi connectivity index (χ1v) is 18.4. The quantitative estimate of drug-likeness (QED) is 0.181. The van der Waals surface area contributed by atoms with E-state index in [2.05, 4.69) is 168 Å². The van der Waals surface area contributed by atoms with Crippen molar-refractivity contribution in [2.45, 2.75) is 19.3 Å². The van der Waals surface area contributed by atoms with Crippen LogP contribution in [0, 0.1) is 0 Å². The molecule has 9 aromatic rings. The van der Waals surface area contributed by atoms with Crippen LogP contribution in [0.5, 0.6) is 0 Å². The Morgan fingerprint density at radius 3 is 1.90 bits per heavy atom. The number of rotatable bonds is 5. The molecule has 0 spiro atoms. The van der Waals surface area contributed by atoms with Gasteiger partial charge >= 0.3 is 0 Å². The highest BCUT2D eigenvalue weighted by molar-refractivity contribution is 7.23. The Morgan fingerprint density at radius 1 is 0.538 bits per heavy atom. The zero-order valence-corrected chi connectivity index (χ0v) is 29.6. The van der Waals surface area contributed by atoms with Gasteiger partial charge in [-0.05, 0) is 105 Å². The monoisotopic (exact) mass is 687 g/mol. The number of benzene rings is 7. The van der Waals surface area contributed by atoms with Gasteiger partial charge in [0.1, 0.15) is 0 Å². The largest absolute Gasteiger partial charge is 0.310 e. The van der Waals surface area contributed by atoms with E-state index in [9.17, 15) is 4.79 Å². The summed E-state index contributed by atoms with van der Waals surface area (Å²) in [4.78, 5) is 20.2. The molecule has 0 amide bonds. The highest BCUT2D eigenvalue weighted by atomic mass is 32.1. The smallest absolute Gasteiger partial charge is 0.281 e. The summed E-state index contributed by atoms with van der Waals surface area (Å²) in [6.45, 7) is 4.67. The van der Waals surface area contributed by atoms with Gasteiger partial charge in [0.05, 0.1) is 21.1 Å². The highest BCUT2D eigenvalue weighted by Gasteiger charge is 2.35. The number of aromatic nitrogens is 2. The highest BCUT2D eigenvalue weighted by Crippen LogP contribution is 2.50. The predicted octanol–water partition coefficient (Wildman–Crippen LogP) is 12.2. The van der Waals surface area contributed by atoms with Crippen molar-refractivity contribution < 1.29 is 0 Å². The summed E-state index contributed by atoms with van der Waals surface area (Å²) in [5, 5.41) is 0.634. The molecule has 0 bridgehead atoms. The van der Waals surface area contributed by atoms with Crippen LogP contribution in [0.2, 0.25) is 0 Å². The summed E-state index contributed by atoms with van der Waals surface area (Å²) in [5.41, 5.74) is 14.9. The van der Waals surface area contributed by atoms with Crippen LogP contribution in [0.25, 0.3) is 59.5 Å². The molecule has 7 aromatic carbocycles. The van der Waals surface area contributed by atoms with E-state index in [0.29, 0.717) is 10.3 Å². The Labute approximate surface area is 305 Å². The summed E-state index contributed by atoms with van der Waals surface area (Å²) in [6, 6.07) is 58.2. The van der Waals surface area contributed by atoms with Crippen molar-refractivity contribution in [3.8, 4) is 33.4 Å². The topological polar surface area (TPSA) is 37.6 Å². The number of anilines is 3. The molecule has 1 aliphatic carbocycles. The van der Waals surface area contributed by atoms with E-state index >= 15 is 0 Å². The van der Waals surface area contributed by atoms with Crippen LogP contribution in [-0.4, -0.2) is 9.38 Å². The number of thiazole rings is 1. The molecule has 0 unspecified atom stereocenters. The molecule has 0 fully saturated rings. The minimum atomic E-state index is -0.186. The van der Waals surface area contributed by atoms with Gasteiger partial charge in [-0.25, -0.2) is 0 Å². The third kappa shape index (κ3) is 4.74. The number of hydrogen-bond acceptors (Lipinski definition) is 4. The molecule has 2 heterocycles. The molecule has 248 valence electrons. The van der Waals surface area contributed by atoms with E-state index in [-0.39, 0.29) is 11.0 Å². The fourth-order valence-corrected chi connectivity index (χ4v) is 9.09. The first-order chi connectivity index (χ1) is 25.4. The lowest BCUT2D eigenvalue weighted by atomic mass is 9.82. The van der Waals surface area contributed by atoms with E-state index in [0.717, 1.165) is 43.9 Å². The van der Waals surface area contributed by atoms with Gasteiger partial charge < -0.3 is 4.90 Å². The molecule has 0 saturated heterocycles. The Hall–Kier alpha value is -6.30. The molecule has 4 nitrogen and oxygen atoms in total. The fourth-order valence-electron chi connectivity index (χ4n) is 8.02. The van der Waals surface area contributed by atoms with E-state index in [1.807, 2.05) is 24.3 Å². The van der Waals surface area contributed by atoms with Gasteiger partial charge in [0.2, 0.25) is 0 Å². The number of nitrogens with zero attached hydrogens (tertiary/aromatic N) is 3. The number of fused-ring (bicyclic) bond motifs is 8. The molecule has 5 heteroatoms.